The molecule has 0 aliphatic heterocycles. The Hall–Kier alpha value is -3.62. The van der Waals surface area contributed by atoms with Crippen molar-refractivity contribution in [1.82, 2.24) is 10.5 Å². The second-order valence-corrected chi connectivity index (χ2v) is 7.81. The van der Waals surface area contributed by atoms with Gasteiger partial charge in [0.1, 0.15) is 42.2 Å². The third-order valence-electron chi connectivity index (χ3n) is 3.59. The van der Waals surface area contributed by atoms with E-state index in [0.717, 1.165) is 0 Å². The van der Waals surface area contributed by atoms with Crippen molar-refractivity contribution >= 4 is 18.0 Å². The monoisotopic (exact) mass is 453 g/mol. The minimum absolute atomic E-state index is 0.0958. The number of carbonyl (C=O) groups excluding carboxylic acids is 3. The average Bonchev–Trinajstić information content (AvgIpc) is 3.09. The van der Waals surface area contributed by atoms with Crippen LogP contribution in [0.4, 0.5) is 4.79 Å². The van der Waals surface area contributed by atoms with Crippen LogP contribution < -0.4 is 5.32 Å². The third kappa shape index (κ3) is 11.0. The van der Waals surface area contributed by atoms with Gasteiger partial charge in [0, 0.05) is 23.8 Å². The molecule has 0 saturated heterocycles. The molecule has 1 aromatic rings. The molecule has 1 unspecified atom stereocenters. The minimum atomic E-state index is -1.10. The fourth-order valence-electron chi connectivity index (χ4n) is 2.32. The van der Waals surface area contributed by atoms with Crippen LogP contribution in [0.3, 0.4) is 0 Å². The zero-order valence-electron chi connectivity index (χ0n) is 18.4. The van der Waals surface area contributed by atoms with Crippen molar-refractivity contribution in [3.05, 3.63) is 27.6 Å². The van der Waals surface area contributed by atoms with Gasteiger partial charge in [-0.15, -0.1) is 12.3 Å². The Morgan fingerprint density at radius 1 is 1.38 bits per heavy atom. The molecule has 0 bridgehead atoms. The highest BCUT2D eigenvalue weighted by Gasteiger charge is 2.25. The first-order valence-electron chi connectivity index (χ1n) is 9.75. The number of nitrogens with one attached hydrogen (secondary N) is 1. The van der Waals surface area contributed by atoms with Crippen molar-refractivity contribution < 1.29 is 38.0 Å². The van der Waals surface area contributed by atoms with E-state index < -0.39 is 47.2 Å². The molecule has 0 spiro atoms. The maximum Gasteiger partial charge on any atom is 0.408 e. The number of ether oxygens (including phenoxy) is 3. The van der Waals surface area contributed by atoms with Crippen molar-refractivity contribution in [2.45, 2.75) is 71.3 Å². The topological polar surface area (TPSA) is 160 Å². The first-order chi connectivity index (χ1) is 14.9. The largest absolute Gasteiger partial charge is 0.462 e. The summed E-state index contributed by atoms with van der Waals surface area (Å²) in [5, 5.41) is 16.4. The lowest BCUT2D eigenvalue weighted by atomic mass is 10.2. The summed E-state index contributed by atoms with van der Waals surface area (Å²) in [5.74, 6) is 1.18. The van der Waals surface area contributed by atoms with E-state index in [4.69, 9.17) is 25.2 Å². The summed E-state index contributed by atoms with van der Waals surface area (Å²) in [6.45, 7) is 5.88. The molecule has 1 N–H and O–H groups in total. The number of nitro groups is 1. The molecule has 12 heteroatoms. The summed E-state index contributed by atoms with van der Waals surface area (Å²) in [6, 6.07) is 0.409. The normalized spacial score (nSPS) is 12.7. The molecule has 1 rings (SSSR count). The minimum Gasteiger partial charge on any atom is -0.462 e. The second kappa shape index (κ2) is 12.3. The quantitative estimate of drug-likeness (QED) is 0.172. The number of nitrogens with zero attached hydrogens (tertiary/aromatic N) is 2. The molecular weight excluding hydrogens is 426 g/mol. The standard InChI is InChI=1S/C20H27N3O9/c1-6-7-16(21-19(26)31-20(3,4)5)18(25)29-12-14-11-15(32-22-14)10-13(2)30-17(24)8-9-23(27)28/h1,11,13,16H,7-10,12H2,2-5H3,(H,21,26)/t13?,16-/m1/s1. The lowest BCUT2D eigenvalue weighted by Gasteiger charge is -2.22. The van der Waals surface area contributed by atoms with Crippen LogP contribution in [0.25, 0.3) is 0 Å². The number of esters is 2. The summed E-state index contributed by atoms with van der Waals surface area (Å²) >= 11 is 0. The molecular formula is C20H27N3O9. The maximum atomic E-state index is 12.3. The smallest absolute Gasteiger partial charge is 0.408 e. The number of hydrogen-bond donors (Lipinski definition) is 1. The first kappa shape index (κ1) is 26.4. The average molecular weight is 453 g/mol. The summed E-state index contributed by atoms with van der Waals surface area (Å²) in [6.07, 6.45) is 3.59. The lowest BCUT2D eigenvalue weighted by molar-refractivity contribution is -0.479. The second-order valence-electron chi connectivity index (χ2n) is 7.81. The SMILES string of the molecule is C#CC[C@@H](NC(=O)OC(C)(C)C)C(=O)OCc1cc(CC(C)OC(=O)CC[N+](=O)[O-])on1. The van der Waals surface area contributed by atoms with Gasteiger partial charge in [-0.2, -0.15) is 0 Å². The Balaban J connectivity index is 2.53. The molecule has 0 saturated carbocycles. The van der Waals surface area contributed by atoms with Gasteiger partial charge in [-0.1, -0.05) is 5.16 Å². The first-order valence-corrected chi connectivity index (χ1v) is 9.75. The molecule has 0 aliphatic rings. The third-order valence-corrected chi connectivity index (χ3v) is 3.59. The molecule has 12 nitrogen and oxygen atoms in total. The number of aromatic nitrogens is 1. The van der Waals surface area contributed by atoms with Crippen LogP contribution in [0, 0.1) is 22.5 Å². The summed E-state index contributed by atoms with van der Waals surface area (Å²) in [7, 11) is 0. The number of hydrogen-bond acceptors (Lipinski definition) is 10. The van der Waals surface area contributed by atoms with Gasteiger partial charge >= 0.3 is 18.0 Å². The Bertz CT molecular complexity index is 851. The van der Waals surface area contributed by atoms with Gasteiger partial charge in [-0.3, -0.25) is 14.9 Å². The maximum absolute atomic E-state index is 12.3. The molecule has 1 heterocycles. The molecule has 0 fully saturated rings. The molecule has 0 aliphatic carbocycles. The summed E-state index contributed by atoms with van der Waals surface area (Å²) in [4.78, 5) is 45.3. The summed E-state index contributed by atoms with van der Waals surface area (Å²) in [5.41, 5.74) is -0.457. The van der Waals surface area contributed by atoms with E-state index in [1.165, 1.54) is 6.07 Å². The molecule has 0 radical (unpaired) electrons. The highest BCUT2D eigenvalue weighted by atomic mass is 16.6. The van der Waals surface area contributed by atoms with Crippen LogP contribution in [0.15, 0.2) is 10.6 Å². The van der Waals surface area contributed by atoms with Gasteiger partial charge in [0.15, 0.2) is 0 Å². The van der Waals surface area contributed by atoms with E-state index in [1.54, 1.807) is 27.7 Å². The number of alkyl carbamates (subject to hydrolysis) is 1. The van der Waals surface area contributed by atoms with Crippen LogP contribution in [0.1, 0.15) is 52.0 Å². The van der Waals surface area contributed by atoms with Crippen LogP contribution in [0.5, 0.6) is 0 Å². The fraction of sp³-hybridized carbons (Fsp3) is 0.600. The molecule has 1 aromatic heterocycles. The van der Waals surface area contributed by atoms with E-state index >= 15 is 0 Å². The highest BCUT2D eigenvalue weighted by Crippen LogP contribution is 2.11. The zero-order chi connectivity index (χ0) is 24.3. The zero-order valence-corrected chi connectivity index (χ0v) is 18.4. The van der Waals surface area contributed by atoms with Gasteiger partial charge in [0.2, 0.25) is 6.54 Å². The molecule has 32 heavy (non-hydrogen) atoms. The van der Waals surface area contributed by atoms with E-state index in [0.29, 0.717) is 5.76 Å². The van der Waals surface area contributed by atoms with Gasteiger partial charge in [-0.05, 0) is 27.7 Å². The van der Waals surface area contributed by atoms with Gasteiger partial charge in [-0.25, -0.2) is 9.59 Å². The van der Waals surface area contributed by atoms with Crippen LogP contribution in [-0.4, -0.2) is 52.4 Å². The van der Waals surface area contributed by atoms with Crippen molar-refractivity contribution in [3.63, 3.8) is 0 Å². The number of rotatable bonds is 11. The molecule has 0 aromatic carbocycles. The lowest BCUT2D eigenvalue weighted by Crippen LogP contribution is -2.44. The van der Waals surface area contributed by atoms with Gasteiger partial charge in [0.25, 0.3) is 0 Å². The number of terminal acetylenes is 1. The van der Waals surface area contributed by atoms with Crippen molar-refractivity contribution in [2.24, 2.45) is 0 Å². The van der Waals surface area contributed by atoms with Gasteiger partial charge in [0.05, 0.1) is 0 Å². The van der Waals surface area contributed by atoms with E-state index in [-0.39, 0.29) is 31.6 Å². The fourth-order valence-corrected chi connectivity index (χ4v) is 2.32. The molecule has 1 amide bonds. The Kier molecular flexibility index (Phi) is 10.1. The Labute approximate surface area is 185 Å². The van der Waals surface area contributed by atoms with Gasteiger partial charge < -0.3 is 24.1 Å². The summed E-state index contributed by atoms with van der Waals surface area (Å²) < 4.78 is 20.4. The van der Waals surface area contributed by atoms with Crippen LogP contribution >= 0.6 is 0 Å². The number of carbonyl (C=O) groups is 3. The van der Waals surface area contributed by atoms with E-state index in [9.17, 15) is 24.5 Å². The molecule has 176 valence electrons. The van der Waals surface area contributed by atoms with E-state index in [2.05, 4.69) is 16.4 Å². The number of amides is 1. The van der Waals surface area contributed by atoms with Crippen LogP contribution in [0.2, 0.25) is 0 Å². The highest BCUT2D eigenvalue weighted by molar-refractivity contribution is 5.81. The Morgan fingerprint density at radius 3 is 2.66 bits per heavy atom. The van der Waals surface area contributed by atoms with Crippen molar-refractivity contribution in [2.75, 3.05) is 6.54 Å². The van der Waals surface area contributed by atoms with Crippen molar-refractivity contribution in [1.29, 1.82) is 0 Å². The van der Waals surface area contributed by atoms with E-state index in [1.807, 2.05) is 0 Å². The predicted molar refractivity (Wildman–Crippen MR) is 109 cm³/mol. The predicted octanol–water partition coefficient (Wildman–Crippen LogP) is 1.78. The molecule has 2 atom stereocenters. The Morgan fingerprint density at radius 2 is 2.06 bits per heavy atom. The van der Waals surface area contributed by atoms with Crippen molar-refractivity contribution in [3.8, 4) is 12.3 Å². The van der Waals surface area contributed by atoms with Crippen LogP contribution in [-0.2, 0) is 36.8 Å².